The fourth-order valence-corrected chi connectivity index (χ4v) is 1.89. The molecule has 0 aliphatic carbocycles. The first kappa shape index (κ1) is 10.8. The Hall–Kier alpha value is -1.66. The lowest BCUT2D eigenvalue weighted by Gasteiger charge is -2.03. The lowest BCUT2D eigenvalue weighted by molar-refractivity contribution is 1.04. The van der Waals surface area contributed by atoms with Crippen LogP contribution in [-0.4, -0.2) is 15.0 Å². The van der Waals surface area contributed by atoms with E-state index in [0.717, 1.165) is 16.5 Å². The molecular formula is C10H11N5S. The summed E-state index contributed by atoms with van der Waals surface area (Å²) in [5, 5.41) is 0.933. The van der Waals surface area contributed by atoms with Gasteiger partial charge in [-0.05, 0) is 18.2 Å². The molecule has 0 aromatic carbocycles. The molecular weight excluding hydrogens is 222 g/mol. The van der Waals surface area contributed by atoms with Gasteiger partial charge in [0.2, 0.25) is 0 Å². The topological polar surface area (TPSA) is 76.7 Å². The molecule has 5 nitrogen and oxygen atoms in total. The zero-order chi connectivity index (χ0) is 11.2. The summed E-state index contributed by atoms with van der Waals surface area (Å²) < 4.78 is 0. The smallest absolute Gasteiger partial charge is 0.140 e. The van der Waals surface area contributed by atoms with Crippen LogP contribution in [0.4, 0.5) is 5.82 Å². The second kappa shape index (κ2) is 5.43. The third kappa shape index (κ3) is 2.91. The number of rotatable bonds is 4. The van der Waals surface area contributed by atoms with E-state index in [1.165, 1.54) is 6.33 Å². The largest absolute Gasteiger partial charge is 0.308 e. The van der Waals surface area contributed by atoms with Crippen molar-refractivity contribution >= 4 is 17.6 Å². The molecule has 82 valence electrons. The molecule has 0 aliphatic rings. The fourth-order valence-electron chi connectivity index (χ4n) is 1.15. The van der Waals surface area contributed by atoms with Crippen LogP contribution in [0.5, 0.6) is 0 Å². The average Bonchev–Trinajstić information content (AvgIpc) is 2.38. The number of hydrogen-bond donors (Lipinski definition) is 2. The monoisotopic (exact) mass is 233 g/mol. The Labute approximate surface area is 97.5 Å². The summed E-state index contributed by atoms with van der Waals surface area (Å²) in [7, 11) is 0. The summed E-state index contributed by atoms with van der Waals surface area (Å²) in [6, 6.07) is 7.56. The predicted octanol–water partition coefficient (Wildman–Crippen LogP) is 1.45. The standard InChI is InChI=1S/C10H11N5S/c11-15-9-3-1-2-8(14-9)6-16-10-4-5-12-7-13-10/h1-5,7H,6,11H2,(H,14,15). The van der Waals surface area contributed by atoms with Gasteiger partial charge in [0, 0.05) is 11.9 Å². The highest BCUT2D eigenvalue weighted by Gasteiger charge is 1.99. The van der Waals surface area contributed by atoms with E-state index in [0.29, 0.717) is 5.82 Å². The Morgan fingerprint density at radius 2 is 2.25 bits per heavy atom. The number of nitrogens with two attached hydrogens (primary N) is 1. The SMILES string of the molecule is NNc1cccc(CSc2ccncn2)n1. The maximum Gasteiger partial charge on any atom is 0.140 e. The maximum atomic E-state index is 5.29. The molecule has 0 spiro atoms. The Balaban J connectivity index is 1.99. The van der Waals surface area contributed by atoms with Gasteiger partial charge in [0.15, 0.2) is 0 Å². The molecule has 2 aromatic rings. The van der Waals surface area contributed by atoms with Crippen molar-refractivity contribution in [3.8, 4) is 0 Å². The molecule has 2 heterocycles. The van der Waals surface area contributed by atoms with E-state index in [1.54, 1.807) is 18.0 Å². The molecule has 2 rings (SSSR count). The minimum Gasteiger partial charge on any atom is -0.308 e. The molecule has 3 N–H and O–H groups in total. The summed E-state index contributed by atoms with van der Waals surface area (Å²) in [5.41, 5.74) is 3.48. The van der Waals surface area contributed by atoms with Crippen LogP contribution in [0.1, 0.15) is 5.69 Å². The third-order valence-corrected chi connectivity index (χ3v) is 2.85. The Morgan fingerprint density at radius 1 is 1.31 bits per heavy atom. The van der Waals surface area contributed by atoms with Crippen LogP contribution in [0.3, 0.4) is 0 Å². The molecule has 0 radical (unpaired) electrons. The van der Waals surface area contributed by atoms with Crippen molar-refractivity contribution in [3.05, 3.63) is 42.5 Å². The molecule has 0 amide bonds. The summed E-state index contributed by atoms with van der Waals surface area (Å²) in [4.78, 5) is 12.3. The summed E-state index contributed by atoms with van der Waals surface area (Å²) >= 11 is 1.61. The predicted molar refractivity (Wildman–Crippen MR) is 63.6 cm³/mol. The van der Waals surface area contributed by atoms with Crippen LogP contribution >= 0.6 is 11.8 Å². The first-order valence-electron chi connectivity index (χ1n) is 4.70. The van der Waals surface area contributed by atoms with Gasteiger partial charge in [-0.2, -0.15) is 0 Å². The van der Waals surface area contributed by atoms with Crippen molar-refractivity contribution in [2.24, 2.45) is 5.84 Å². The Kier molecular flexibility index (Phi) is 3.68. The van der Waals surface area contributed by atoms with Crippen LogP contribution in [0, 0.1) is 0 Å². The second-order valence-electron chi connectivity index (χ2n) is 2.99. The van der Waals surface area contributed by atoms with E-state index in [1.807, 2.05) is 24.3 Å². The van der Waals surface area contributed by atoms with Gasteiger partial charge in [-0.1, -0.05) is 17.8 Å². The third-order valence-electron chi connectivity index (χ3n) is 1.88. The number of thioether (sulfide) groups is 1. The minimum atomic E-state index is 0.667. The number of aromatic nitrogens is 3. The summed E-state index contributed by atoms with van der Waals surface area (Å²) in [6.45, 7) is 0. The van der Waals surface area contributed by atoms with Gasteiger partial charge in [-0.25, -0.2) is 20.8 Å². The lowest BCUT2D eigenvalue weighted by atomic mass is 10.4. The molecule has 0 aliphatic heterocycles. The summed E-state index contributed by atoms with van der Waals surface area (Å²) in [6.07, 6.45) is 3.26. The van der Waals surface area contributed by atoms with Crippen molar-refractivity contribution in [1.29, 1.82) is 0 Å². The molecule has 2 aromatic heterocycles. The molecule has 6 heteroatoms. The highest BCUT2D eigenvalue weighted by atomic mass is 32.2. The summed E-state index contributed by atoms with van der Waals surface area (Å²) in [5.74, 6) is 6.71. The van der Waals surface area contributed by atoms with Crippen molar-refractivity contribution in [3.63, 3.8) is 0 Å². The van der Waals surface area contributed by atoms with Gasteiger partial charge in [-0.3, -0.25) is 0 Å². The minimum absolute atomic E-state index is 0.667. The van der Waals surface area contributed by atoms with E-state index >= 15 is 0 Å². The van der Waals surface area contributed by atoms with E-state index in [-0.39, 0.29) is 0 Å². The van der Waals surface area contributed by atoms with Crippen LogP contribution in [0.25, 0.3) is 0 Å². The molecule has 0 unspecified atom stereocenters. The number of nitrogen functional groups attached to an aromatic ring is 1. The van der Waals surface area contributed by atoms with Crippen molar-refractivity contribution in [1.82, 2.24) is 15.0 Å². The second-order valence-corrected chi connectivity index (χ2v) is 3.99. The lowest BCUT2D eigenvalue weighted by Crippen LogP contribution is -2.08. The van der Waals surface area contributed by atoms with Crippen LogP contribution in [0.15, 0.2) is 41.8 Å². The highest BCUT2D eigenvalue weighted by molar-refractivity contribution is 7.98. The Morgan fingerprint density at radius 3 is 3.00 bits per heavy atom. The van der Waals surface area contributed by atoms with Gasteiger partial charge >= 0.3 is 0 Å². The molecule has 0 saturated heterocycles. The van der Waals surface area contributed by atoms with Crippen LogP contribution < -0.4 is 11.3 Å². The molecule has 0 fully saturated rings. The molecule has 0 bridgehead atoms. The van der Waals surface area contributed by atoms with Gasteiger partial charge in [0.05, 0.1) is 10.7 Å². The number of hydrogen-bond acceptors (Lipinski definition) is 6. The van der Waals surface area contributed by atoms with Gasteiger partial charge in [-0.15, -0.1) is 0 Å². The number of pyridine rings is 1. The van der Waals surface area contributed by atoms with Crippen molar-refractivity contribution in [2.45, 2.75) is 10.8 Å². The van der Waals surface area contributed by atoms with E-state index in [9.17, 15) is 0 Å². The molecule has 16 heavy (non-hydrogen) atoms. The van der Waals surface area contributed by atoms with E-state index < -0.39 is 0 Å². The number of nitrogens with one attached hydrogen (secondary N) is 1. The number of nitrogens with zero attached hydrogens (tertiary/aromatic N) is 3. The van der Waals surface area contributed by atoms with Gasteiger partial charge in [0.25, 0.3) is 0 Å². The molecule has 0 saturated carbocycles. The Bertz CT molecular complexity index is 448. The highest BCUT2D eigenvalue weighted by Crippen LogP contribution is 2.19. The normalized spacial score (nSPS) is 10.1. The van der Waals surface area contributed by atoms with Crippen molar-refractivity contribution in [2.75, 3.05) is 5.43 Å². The first-order chi connectivity index (χ1) is 7.88. The first-order valence-corrected chi connectivity index (χ1v) is 5.68. The zero-order valence-corrected chi connectivity index (χ0v) is 9.31. The van der Waals surface area contributed by atoms with Gasteiger partial charge in [0.1, 0.15) is 12.1 Å². The van der Waals surface area contributed by atoms with E-state index in [2.05, 4.69) is 20.4 Å². The van der Waals surface area contributed by atoms with Crippen LogP contribution in [0.2, 0.25) is 0 Å². The quantitative estimate of drug-likeness (QED) is 0.360. The van der Waals surface area contributed by atoms with Gasteiger partial charge < -0.3 is 5.43 Å². The number of anilines is 1. The fraction of sp³-hybridized carbons (Fsp3) is 0.100. The van der Waals surface area contributed by atoms with Crippen molar-refractivity contribution < 1.29 is 0 Å². The number of hydrazine groups is 1. The molecule has 0 atom stereocenters. The average molecular weight is 233 g/mol. The van der Waals surface area contributed by atoms with E-state index in [4.69, 9.17) is 5.84 Å². The van der Waals surface area contributed by atoms with Crippen LogP contribution in [-0.2, 0) is 5.75 Å². The maximum absolute atomic E-state index is 5.29. The zero-order valence-electron chi connectivity index (χ0n) is 8.50.